The van der Waals surface area contributed by atoms with E-state index in [0.717, 1.165) is 0 Å². The minimum atomic E-state index is -0.826. The fourth-order valence-corrected chi connectivity index (χ4v) is 5.99. The van der Waals surface area contributed by atoms with E-state index < -0.39 is 20.8 Å². The van der Waals surface area contributed by atoms with E-state index in [4.69, 9.17) is 17.0 Å². The molecule has 1 heterocycles. The summed E-state index contributed by atoms with van der Waals surface area (Å²) in [5.41, 5.74) is 12.4. The molecule has 1 aliphatic heterocycles. The Morgan fingerprint density at radius 3 is 1.70 bits per heavy atom. The van der Waals surface area contributed by atoms with Crippen LogP contribution in [-0.4, -0.2) is 0 Å². The summed E-state index contributed by atoms with van der Waals surface area (Å²) in [6, 6.07) is 28.5. The number of aryl methyl sites for hydroxylation is 1. The molecule has 5 aromatic carbocycles. The molecule has 0 aliphatic carbocycles. The molecule has 5 aromatic rings. The van der Waals surface area contributed by atoms with Gasteiger partial charge in [0.05, 0.1) is 11.4 Å². The Labute approximate surface area is 244 Å². The zero-order valence-corrected chi connectivity index (χ0v) is 26.9. The molecule has 6 rings (SSSR count). The van der Waals surface area contributed by atoms with Crippen molar-refractivity contribution in [2.45, 2.75) is 51.3 Å². The molecule has 1 aliphatic rings. The van der Waals surface area contributed by atoms with Crippen LogP contribution < -0.4 is 4.90 Å². The van der Waals surface area contributed by atoms with E-state index in [1.165, 1.54) is 71.0 Å². The van der Waals surface area contributed by atoms with Gasteiger partial charge in [-0.1, -0.05) is 83.6 Å². The summed E-state index contributed by atoms with van der Waals surface area (Å²) in [5.74, 6) is 0. The van der Waals surface area contributed by atoms with Gasteiger partial charge in [-0.3, -0.25) is 0 Å². The van der Waals surface area contributed by atoms with E-state index in [0.29, 0.717) is 0 Å². The van der Waals surface area contributed by atoms with Gasteiger partial charge >= 0.3 is 37.9 Å². The van der Waals surface area contributed by atoms with Gasteiger partial charge in [-0.15, -0.1) is 34.5 Å². The van der Waals surface area contributed by atoms with Crippen molar-refractivity contribution in [3.8, 4) is 0 Å². The first kappa shape index (κ1) is 28.2. The van der Waals surface area contributed by atoms with E-state index in [2.05, 4.69) is 125 Å². The predicted octanol–water partition coefficient (Wildman–Crippen LogP) is 11.1. The van der Waals surface area contributed by atoms with Crippen molar-refractivity contribution < 1.29 is 20.8 Å². The average Bonchev–Trinajstić information content (AvgIpc) is 3.37. The molecule has 0 aromatic heterocycles. The second kappa shape index (κ2) is 12.4. The predicted molar refractivity (Wildman–Crippen MR) is 161 cm³/mol. The number of halogens is 2. The SMILES string of the molecule is Cc1c(C)c(C)[c-](C)c1C.Cc1cc2c(N3c4ccccc4Sc4ccccc43)cccc2[cH-]1.[Cl][Zr+2][Cl]. The maximum atomic E-state index is 4.93. The third-order valence-corrected chi connectivity index (χ3v) is 8.49. The topological polar surface area (TPSA) is 3.24 Å². The molecule has 0 amide bonds. The van der Waals surface area contributed by atoms with E-state index in [1.807, 2.05) is 11.8 Å². The Kier molecular flexibility index (Phi) is 9.46. The molecule has 0 fully saturated rings. The fraction of sp³-hybridized carbons (Fsp3) is 0.188. The number of benzene rings is 3. The molecule has 1 nitrogen and oxygen atoms in total. The Balaban J connectivity index is 0.000000207. The quantitative estimate of drug-likeness (QED) is 0.168. The van der Waals surface area contributed by atoms with Gasteiger partial charge in [0.25, 0.3) is 0 Å². The van der Waals surface area contributed by atoms with Crippen LogP contribution in [-0.2, 0) is 20.8 Å². The molecule has 5 heteroatoms. The van der Waals surface area contributed by atoms with Gasteiger partial charge in [0, 0.05) is 15.5 Å². The summed E-state index contributed by atoms with van der Waals surface area (Å²) in [5, 5.41) is 2.62. The molecule has 0 atom stereocenters. The molecular formula is C32H31Cl2NSZr. The summed E-state index contributed by atoms with van der Waals surface area (Å²) in [6.07, 6.45) is 0. The van der Waals surface area contributed by atoms with Crippen LogP contribution in [0.5, 0.6) is 0 Å². The van der Waals surface area contributed by atoms with Crippen LogP contribution in [0.2, 0.25) is 0 Å². The number of fused-ring (bicyclic) bond motifs is 3. The average molecular weight is 624 g/mol. The number of nitrogens with zero attached hydrogens (tertiary/aromatic N) is 1. The molecule has 0 spiro atoms. The van der Waals surface area contributed by atoms with Crippen molar-refractivity contribution in [1.82, 2.24) is 0 Å². The Morgan fingerprint density at radius 2 is 1.22 bits per heavy atom. The van der Waals surface area contributed by atoms with Crippen molar-refractivity contribution in [2.75, 3.05) is 4.90 Å². The first-order valence-electron chi connectivity index (χ1n) is 12.3. The standard InChI is InChI=1S/C22H16NS.C10H15.2ClH.Zr/c1-15-13-16-7-6-10-18(17(16)14-15)23-19-8-2-4-11-21(19)24-22-12-5-3-9-20(22)23;1-6-7(2)9(4)10(5)8(6)3;;;/h2-14H,1H3;1-5H3;2*1H;/q2*-1;;;+4/p-2. The van der Waals surface area contributed by atoms with E-state index in [-0.39, 0.29) is 0 Å². The van der Waals surface area contributed by atoms with Crippen LogP contribution in [0.15, 0.2) is 88.7 Å². The van der Waals surface area contributed by atoms with Crippen molar-refractivity contribution in [3.05, 3.63) is 112 Å². The van der Waals surface area contributed by atoms with Gasteiger partial charge in [-0.25, -0.2) is 0 Å². The summed E-state index contributed by atoms with van der Waals surface area (Å²) < 4.78 is 0. The second-order valence-electron chi connectivity index (χ2n) is 9.38. The van der Waals surface area contributed by atoms with E-state index >= 15 is 0 Å². The normalized spacial score (nSPS) is 11.5. The fourth-order valence-electron chi connectivity index (χ4n) is 4.93. The van der Waals surface area contributed by atoms with Crippen molar-refractivity contribution in [1.29, 1.82) is 0 Å². The van der Waals surface area contributed by atoms with Gasteiger partial charge in [0.15, 0.2) is 0 Å². The summed E-state index contributed by atoms with van der Waals surface area (Å²) in [7, 11) is 9.87. The summed E-state index contributed by atoms with van der Waals surface area (Å²) in [4.78, 5) is 5.01. The molecule has 0 unspecified atom stereocenters. The molecule has 0 N–H and O–H groups in total. The summed E-state index contributed by atoms with van der Waals surface area (Å²) >= 11 is 1.02. The van der Waals surface area contributed by atoms with Crippen LogP contribution >= 0.6 is 28.8 Å². The molecule has 188 valence electrons. The zero-order chi connectivity index (χ0) is 26.7. The third-order valence-electron chi connectivity index (χ3n) is 7.36. The van der Waals surface area contributed by atoms with Gasteiger partial charge < -0.3 is 4.90 Å². The van der Waals surface area contributed by atoms with Gasteiger partial charge in [-0.2, -0.15) is 33.9 Å². The molecule has 37 heavy (non-hydrogen) atoms. The number of rotatable bonds is 1. The maximum absolute atomic E-state index is 4.93. The number of para-hydroxylation sites is 2. The van der Waals surface area contributed by atoms with Crippen LogP contribution in [0.1, 0.15) is 33.4 Å². The summed E-state index contributed by atoms with van der Waals surface area (Å²) in [6.45, 7) is 13.2. The zero-order valence-electron chi connectivity index (χ0n) is 22.1. The van der Waals surface area contributed by atoms with Crippen molar-refractivity contribution in [3.63, 3.8) is 0 Å². The van der Waals surface area contributed by atoms with E-state index in [1.54, 1.807) is 0 Å². The number of anilines is 3. The first-order chi connectivity index (χ1) is 17.8. The van der Waals surface area contributed by atoms with Gasteiger partial charge in [0.2, 0.25) is 0 Å². The van der Waals surface area contributed by atoms with E-state index in [9.17, 15) is 0 Å². The van der Waals surface area contributed by atoms with Gasteiger partial charge in [0.1, 0.15) is 0 Å². The van der Waals surface area contributed by atoms with Crippen molar-refractivity contribution in [2.24, 2.45) is 0 Å². The van der Waals surface area contributed by atoms with Crippen LogP contribution in [0.25, 0.3) is 10.8 Å². The number of hydrogen-bond acceptors (Lipinski definition) is 2. The molecular weight excluding hydrogens is 593 g/mol. The monoisotopic (exact) mass is 621 g/mol. The molecule has 0 saturated carbocycles. The Hall–Kier alpha value is -1.77. The van der Waals surface area contributed by atoms with Crippen molar-refractivity contribution >= 4 is 56.6 Å². The van der Waals surface area contributed by atoms with Crippen LogP contribution in [0.4, 0.5) is 17.1 Å². The second-order valence-corrected chi connectivity index (χ2v) is 14.2. The Bertz CT molecular complexity index is 1410. The van der Waals surface area contributed by atoms with Gasteiger partial charge in [-0.05, 0) is 24.3 Å². The van der Waals surface area contributed by atoms with Crippen LogP contribution in [0, 0.1) is 41.5 Å². The molecule has 0 bridgehead atoms. The number of hydrogen-bond donors (Lipinski definition) is 0. The Morgan fingerprint density at radius 1 is 0.730 bits per heavy atom. The third kappa shape index (κ3) is 5.81. The molecule has 0 radical (unpaired) electrons. The first-order valence-corrected chi connectivity index (χ1v) is 19.4. The molecule has 0 saturated heterocycles. The minimum absolute atomic E-state index is 0.826. The van der Waals surface area contributed by atoms with Crippen LogP contribution in [0.3, 0.4) is 0 Å².